The molecular formula is C11H15NO3. The number of pyridine rings is 1. The van der Waals surface area contributed by atoms with E-state index in [0.717, 1.165) is 6.42 Å². The normalized spacial score (nSPS) is 10.0. The molecule has 4 heteroatoms. The molecule has 0 amide bonds. The minimum Gasteiger partial charge on any atom is -0.492 e. The number of rotatable bonds is 6. The van der Waals surface area contributed by atoms with E-state index in [1.54, 1.807) is 25.4 Å². The van der Waals surface area contributed by atoms with Gasteiger partial charge in [-0.05, 0) is 12.1 Å². The van der Waals surface area contributed by atoms with Crippen LogP contribution in [0.25, 0.3) is 0 Å². The summed E-state index contributed by atoms with van der Waals surface area (Å²) >= 11 is 0. The van der Waals surface area contributed by atoms with Gasteiger partial charge >= 0.3 is 0 Å². The number of nitrogens with zero attached hydrogens (tertiary/aromatic N) is 1. The molecule has 0 saturated carbocycles. The van der Waals surface area contributed by atoms with E-state index in [9.17, 15) is 4.79 Å². The third-order valence-corrected chi connectivity index (χ3v) is 1.86. The van der Waals surface area contributed by atoms with Crippen LogP contribution in [-0.2, 0) is 4.74 Å². The Labute approximate surface area is 89.2 Å². The van der Waals surface area contributed by atoms with Gasteiger partial charge in [0.05, 0.1) is 12.8 Å². The number of hydrogen-bond acceptors (Lipinski definition) is 4. The first-order valence-electron chi connectivity index (χ1n) is 4.83. The number of methoxy groups -OCH3 is 1. The van der Waals surface area contributed by atoms with Crippen molar-refractivity contribution in [3.05, 3.63) is 24.0 Å². The zero-order chi connectivity index (χ0) is 11.1. The van der Waals surface area contributed by atoms with E-state index in [1.807, 2.05) is 0 Å². The molecule has 0 bridgehead atoms. The van der Waals surface area contributed by atoms with E-state index in [0.29, 0.717) is 24.7 Å². The zero-order valence-electron chi connectivity index (χ0n) is 9.03. The maximum atomic E-state index is 10.9. The van der Waals surface area contributed by atoms with Crippen molar-refractivity contribution in [2.45, 2.75) is 13.3 Å². The van der Waals surface area contributed by atoms with Gasteiger partial charge < -0.3 is 9.47 Å². The minimum atomic E-state index is -0.0408. The number of Topliss-reactive ketones (excluding diaryl/α,β-unsaturated/α-hetero) is 1. The first-order chi connectivity index (χ1) is 7.24. The van der Waals surface area contributed by atoms with Crippen LogP contribution in [0.2, 0.25) is 0 Å². The van der Waals surface area contributed by atoms with E-state index in [1.165, 1.54) is 6.92 Å². The molecule has 15 heavy (non-hydrogen) atoms. The van der Waals surface area contributed by atoms with E-state index in [2.05, 4.69) is 4.98 Å². The van der Waals surface area contributed by atoms with Crippen molar-refractivity contribution >= 4 is 5.78 Å². The Morgan fingerprint density at radius 3 is 2.73 bits per heavy atom. The average Bonchev–Trinajstić information content (AvgIpc) is 2.25. The summed E-state index contributed by atoms with van der Waals surface area (Å²) in [6.07, 6.45) is 2.40. The second-order valence-electron chi connectivity index (χ2n) is 3.13. The highest BCUT2D eigenvalue weighted by Gasteiger charge is 2.00. The second kappa shape index (κ2) is 6.14. The molecule has 0 aliphatic rings. The van der Waals surface area contributed by atoms with Gasteiger partial charge in [-0.15, -0.1) is 0 Å². The number of ketones is 1. The van der Waals surface area contributed by atoms with Crippen molar-refractivity contribution in [2.24, 2.45) is 0 Å². The van der Waals surface area contributed by atoms with Gasteiger partial charge in [-0.1, -0.05) is 0 Å². The lowest BCUT2D eigenvalue weighted by Crippen LogP contribution is -2.02. The molecule has 0 saturated heterocycles. The van der Waals surface area contributed by atoms with Crippen LogP contribution in [0, 0.1) is 0 Å². The lowest BCUT2D eigenvalue weighted by Gasteiger charge is -2.05. The molecule has 0 unspecified atom stereocenters. The molecule has 0 atom stereocenters. The van der Waals surface area contributed by atoms with Gasteiger partial charge in [-0.3, -0.25) is 4.79 Å². The van der Waals surface area contributed by atoms with Crippen LogP contribution >= 0.6 is 0 Å². The van der Waals surface area contributed by atoms with E-state index in [-0.39, 0.29) is 5.78 Å². The number of carbonyl (C=O) groups excluding carboxylic acids is 1. The highest BCUT2D eigenvalue weighted by molar-refractivity contribution is 5.92. The summed E-state index contributed by atoms with van der Waals surface area (Å²) in [5.41, 5.74) is 0.458. The quantitative estimate of drug-likeness (QED) is 0.528. The van der Waals surface area contributed by atoms with Gasteiger partial charge in [0.2, 0.25) is 0 Å². The Kier molecular flexibility index (Phi) is 4.77. The van der Waals surface area contributed by atoms with Gasteiger partial charge in [0, 0.05) is 27.1 Å². The Morgan fingerprint density at radius 1 is 1.40 bits per heavy atom. The minimum absolute atomic E-state index is 0.0408. The number of carbonyl (C=O) groups is 1. The Hall–Kier alpha value is -1.42. The Bertz CT molecular complexity index is 308. The van der Waals surface area contributed by atoms with Crippen molar-refractivity contribution in [3.63, 3.8) is 0 Å². The first-order valence-corrected chi connectivity index (χ1v) is 4.83. The molecule has 1 aromatic heterocycles. The second-order valence-corrected chi connectivity index (χ2v) is 3.13. The Balaban J connectivity index is 2.39. The molecule has 1 rings (SSSR count). The molecular weight excluding hydrogens is 194 g/mol. The maximum Gasteiger partial charge on any atom is 0.178 e. The Morgan fingerprint density at radius 2 is 2.20 bits per heavy atom. The molecule has 0 radical (unpaired) electrons. The fourth-order valence-electron chi connectivity index (χ4n) is 1.07. The molecule has 1 aromatic rings. The van der Waals surface area contributed by atoms with Crippen LogP contribution in [0.5, 0.6) is 5.75 Å². The molecule has 0 aromatic carbocycles. The molecule has 0 spiro atoms. The van der Waals surface area contributed by atoms with Crippen molar-refractivity contribution in [1.82, 2.24) is 4.98 Å². The predicted octanol–water partition coefficient (Wildman–Crippen LogP) is 1.70. The van der Waals surface area contributed by atoms with E-state index in [4.69, 9.17) is 9.47 Å². The van der Waals surface area contributed by atoms with Crippen LogP contribution in [0.4, 0.5) is 0 Å². The smallest absolute Gasteiger partial charge is 0.178 e. The lowest BCUT2D eigenvalue weighted by atomic mass is 10.3. The van der Waals surface area contributed by atoms with Crippen LogP contribution < -0.4 is 4.74 Å². The number of aromatic nitrogens is 1. The van der Waals surface area contributed by atoms with Gasteiger partial charge in [-0.25, -0.2) is 4.98 Å². The summed E-state index contributed by atoms with van der Waals surface area (Å²) in [5.74, 6) is 0.636. The maximum absolute atomic E-state index is 10.9. The van der Waals surface area contributed by atoms with Gasteiger partial charge in [-0.2, -0.15) is 0 Å². The standard InChI is InChI=1S/C11H15NO3/c1-9(13)11-5-4-10(8-12-11)15-7-3-6-14-2/h4-5,8H,3,6-7H2,1-2H3. The molecule has 0 aliphatic heterocycles. The number of hydrogen-bond donors (Lipinski definition) is 0. The molecule has 0 N–H and O–H groups in total. The van der Waals surface area contributed by atoms with E-state index < -0.39 is 0 Å². The van der Waals surface area contributed by atoms with Crippen LogP contribution in [0.15, 0.2) is 18.3 Å². The van der Waals surface area contributed by atoms with Gasteiger partial charge in [0.1, 0.15) is 11.4 Å². The summed E-state index contributed by atoms with van der Waals surface area (Å²) in [6.45, 7) is 2.76. The highest BCUT2D eigenvalue weighted by Crippen LogP contribution is 2.09. The first kappa shape index (κ1) is 11.7. The van der Waals surface area contributed by atoms with Crippen molar-refractivity contribution in [1.29, 1.82) is 0 Å². The largest absolute Gasteiger partial charge is 0.492 e. The molecule has 0 aliphatic carbocycles. The predicted molar refractivity (Wildman–Crippen MR) is 56.2 cm³/mol. The summed E-state index contributed by atoms with van der Waals surface area (Å²) < 4.78 is 10.3. The monoisotopic (exact) mass is 209 g/mol. The fraction of sp³-hybridized carbons (Fsp3) is 0.455. The fourth-order valence-corrected chi connectivity index (χ4v) is 1.07. The summed E-state index contributed by atoms with van der Waals surface area (Å²) in [6, 6.07) is 3.41. The SMILES string of the molecule is COCCCOc1ccc(C(C)=O)nc1. The topological polar surface area (TPSA) is 48.4 Å². The lowest BCUT2D eigenvalue weighted by molar-refractivity contribution is 0.101. The summed E-state index contributed by atoms with van der Waals surface area (Å²) in [7, 11) is 1.66. The zero-order valence-corrected chi connectivity index (χ0v) is 9.03. The number of ether oxygens (including phenoxy) is 2. The van der Waals surface area contributed by atoms with Crippen LogP contribution in [0.1, 0.15) is 23.8 Å². The third kappa shape index (κ3) is 4.08. The molecule has 4 nitrogen and oxygen atoms in total. The van der Waals surface area contributed by atoms with E-state index >= 15 is 0 Å². The molecule has 1 heterocycles. The van der Waals surface area contributed by atoms with Crippen molar-refractivity contribution < 1.29 is 14.3 Å². The van der Waals surface area contributed by atoms with Crippen LogP contribution in [-0.4, -0.2) is 31.1 Å². The van der Waals surface area contributed by atoms with Crippen molar-refractivity contribution in [2.75, 3.05) is 20.3 Å². The summed E-state index contributed by atoms with van der Waals surface area (Å²) in [4.78, 5) is 14.9. The third-order valence-electron chi connectivity index (χ3n) is 1.86. The molecule has 82 valence electrons. The molecule has 0 fully saturated rings. The van der Waals surface area contributed by atoms with Crippen molar-refractivity contribution in [3.8, 4) is 5.75 Å². The highest BCUT2D eigenvalue weighted by atomic mass is 16.5. The van der Waals surface area contributed by atoms with Gasteiger partial charge in [0.25, 0.3) is 0 Å². The van der Waals surface area contributed by atoms with Gasteiger partial charge in [0.15, 0.2) is 5.78 Å². The van der Waals surface area contributed by atoms with Crippen LogP contribution in [0.3, 0.4) is 0 Å². The average molecular weight is 209 g/mol. The summed E-state index contributed by atoms with van der Waals surface area (Å²) in [5, 5.41) is 0.